The summed E-state index contributed by atoms with van der Waals surface area (Å²) in [4.78, 5) is 7.39. The van der Waals surface area contributed by atoms with Gasteiger partial charge < -0.3 is 13.9 Å². The fraction of sp³-hybridized carbons (Fsp3) is 0.0556. The molecule has 0 aliphatic heterocycles. The van der Waals surface area contributed by atoms with Crippen molar-refractivity contribution in [3.63, 3.8) is 0 Å². The summed E-state index contributed by atoms with van der Waals surface area (Å²) in [5.41, 5.74) is 14.6. The SMILES string of the molecule is CC1(C)c2ccccc2-c2ccc(N(c3ccc4ccc5ccc6nc(-c7ccccc7)oc6c5c4c3)c3ccc4c(c3)c3ccccc3n4-c3ccccc3)cc21. The number of aromatic nitrogens is 2. The lowest BCUT2D eigenvalue weighted by Gasteiger charge is -2.28. The molecular formula is C54H37N3O. The Kier molecular flexibility index (Phi) is 6.94. The molecule has 0 unspecified atom stereocenters. The van der Waals surface area contributed by atoms with Crippen LogP contribution in [-0.2, 0) is 5.41 Å². The van der Waals surface area contributed by atoms with Crippen LogP contribution in [0.5, 0.6) is 0 Å². The Hall–Kier alpha value is -7.43. The number of benzene rings is 9. The largest absolute Gasteiger partial charge is 0.435 e. The summed E-state index contributed by atoms with van der Waals surface area (Å²) in [5.74, 6) is 0.627. The fourth-order valence-corrected chi connectivity index (χ4v) is 9.59. The van der Waals surface area contributed by atoms with E-state index < -0.39 is 0 Å². The van der Waals surface area contributed by atoms with Gasteiger partial charge >= 0.3 is 0 Å². The van der Waals surface area contributed by atoms with Gasteiger partial charge in [0.2, 0.25) is 5.89 Å². The molecule has 0 atom stereocenters. The van der Waals surface area contributed by atoms with E-state index in [0.29, 0.717) is 5.89 Å². The number of oxazole rings is 1. The molecule has 11 aromatic rings. The van der Waals surface area contributed by atoms with E-state index in [1.165, 1.54) is 44.1 Å². The second-order valence-electron chi connectivity index (χ2n) is 16.0. The van der Waals surface area contributed by atoms with Crippen LogP contribution in [0.4, 0.5) is 17.1 Å². The Morgan fingerprint density at radius 2 is 1.12 bits per heavy atom. The molecule has 58 heavy (non-hydrogen) atoms. The Balaban J connectivity index is 1.11. The Bertz CT molecular complexity index is 3430. The Labute approximate surface area is 335 Å². The smallest absolute Gasteiger partial charge is 0.227 e. The van der Waals surface area contributed by atoms with Gasteiger partial charge in [0.1, 0.15) is 5.52 Å². The highest BCUT2D eigenvalue weighted by atomic mass is 16.3. The fourth-order valence-electron chi connectivity index (χ4n) is 9.59. The van der Waals surface area contributed by atoms with Crippen molar-refractivity contribution in [1.29, 1.82) is 0 Å². The lowest BCUT2D eigenvalue weighted by molar-refractivity contribution is 0.623. The van der Waals surface area contributed by atoms with Gasteiger partial charge in [-0.25, -0.2) is 4.98 Å². The topological polar surface area (TPSA) is 34.2 Å². The third kappa shape index (κ3) is 4.78. The summed E-state index contributed by atoms with van der Waals surface area (Å²) in [7, 11) is 0. The van der Waals surface area contributed by atoms with Gasteiger partial charge in [-0.2, -0.15) is 0 Å². The van der Waals surface area contributed by atoms with Crippen LogP contribution in [0.25, 0.3) is 82.7 Å². The molecule has 0 amide bonds. The normalized spacial score (nSPS) is 13.1. The second-order valence-corrected chi connectivity index (χ2v) is 16.0. The summed E-state index contributed by atoms with van der Waals surface area (Å²) < 4.78 is 9.03. The van der Waals surface area contributed by atoms with Crippen LogP contribution in [0.2, 0.25) is 0 Å². The van der Waals surface area contributed by atoms with Crippen LogP contribution in [0.15, 0.2) is 192 Å². The zero-order valence-corrected chi connectivity index (χ0v) is 32.1. The minimum Gasteiger partial charge on any atom is -0.435 e. The summed E-state index contributed by atoms with van der Waals surface area (Å²) in [6.45, 7) is 4.70. The number of rotatable bonds is 5. The van der Waals surface area contributed by atoms with E-state index in [4.69, 9.17) is 9.40 Å². The molecule has 4 nitrogen and oxygen atoms in total. The Morgan fingerprint density at radius 1 is 0.500 bits per heavy atom. The number of hydrogen-bond donors (Lipinski definition) is 0. The summed E-state index contributed by atoms with van der Waals surface area (Å²) in [6, 6.07) is 67.9. The third-order valence-electron chi connectivity index (χ3n) is 12.4. The number of hydrogen-bond acceptors (Lipinski definition) is 3. The van der Waals surface area contributed by atoms with Crippen molar-refractivity contribution < 1.29 is 4.42 Å². The first-order valence-electron chi connectivity index (χ1n) is 20.0. The van der Waals surface area contributed by atoms with Crippen molar-refractivity contribution in [2.75, 3.05) is 4.90 Å². The van der Waals surface area contributed by atoms with Gasteiger partial charge in [0.25, 0.3) is 0 Å². The first kappa shape index (κ1) is 32.8. The average molecular weight is 744 g/mol. The number of fused-ring (bicyclic) bond motifs is 11. The van der Waals surface area contributed by atoms with Crippen LogP contribution in [0.3, 0.4) is 0 Å². The van der Waals surface area contributed by atoms with Crippen molar-refractivity contribution in [1.82, 2.24) is 9.55 Å². The lowest BCUT2D eigenvalue weighted by atomic mass is 9.82. The van der Waals surface area contributed by atoms with E-state index in [9.17, 15) is 0 Å². The second kappa shape index (κ2) is 12.3. The predicted molar refractivity (Wildman–Crippen MR) is 241 cm³/mol. The minimum atomic E-state index is -0.144. The minimum absolute atomic E-state index is 0.144. The van der Waals surface area contributed by atoms with Gasteiger partial charge in [0.05, 0.1) is 11.0 Å². The summed E-state index contributed by atoms with van der Waals surface area (Å²) in [6.07, 6.45) is 0. The van der Waals surface area contributed by atoms with Crippen LogP contribution < -0.4 is 4.90 Å². The van der Waals surface area contributed by atoms with Crippen molar-refractivity contribution in [2.45, 2.75) is 19.3 Å². The van der Waals surface area contributed by atoms with Crippen LogP contribution in [0, 0.1) is 0 Å². The molecule has 12 rings (SSSR count). The number of anilines is 3. The first-order valence-corrected chi connectivity index (χ1v) is 20.0. The summed E-state index contributed by atoms with van der Waals surface area (Å²) >= 11 is 0. The molecule has 9 aromatic carbocycles. The maximum absolute atomic E-state index is 6.65. The van der Waals surface area contributed by atoms with E-state index in [1.54, 1.807) is 0 Å². The molecule has 0 spiro atoms. The summed E-state index contributed by atoms with van der Waals surface area (Å²) in [5, 5.41) is 6.88. The highest BCUT2D eigenvalue weighted by Gasteiger charge is 2.36. The van der Waals surface area contributed by atoms with E-state index in [2.05, 4.69) is 181 Å². The zero-order valence-electron chi connectivity index (χ0n) is 32.1. The molecule has 0 bridgehead atoms. The van der Waals surface area contributed by atoms with Crippen molar-refractivity contribution in [3.05, 3.63) is 199 Å². The van der Waals surface area contributed by atoms with Gasteiger partial charge in [-0.3, -0.25) is 0 Å². The lowest BCUT2D eigenvalue weighted by Crippen LogP contribution is -2.16. The molecule has 2 aromatic heterocycles. The number of para-hydroxylation sites is 2. The van der Waals surface area contributed by atoms with Gasteiger partial charge in [0, 0.05) is 49.9 Å². The Morgan fingerprint density at radius 3 is 1.98 bits per heavy atom. The monoisotopic (exact) mass is 743 g/mol. The average Bonchev–Trinajstić information content (AvgIpc) is 3.93. The molecule has 0 fully saturated rings. The van der Waals surface area contributed by atoms with E-state index in [-0.39, 0.29) is 5.41 Å². The van der Waals surface area contributed by atoms with Gasteiger partial charge in [-0.15, -0.1) is 0 Å². The first-order chi connectivity index (χ1) is 28.5. The highest BCUT2D eigenvalue weighted by molar-refractivity contribution is 6.19. The number of nitrogens with zero attached hydrogens (tertiary/aromatic N) is 3. The molecule has 0 radical (unpaired) electrons. The van der Waals surface area contributed by atoms with E-state index >= 15 is 0 Å². The molecular weight excluding hydrogens is 707 g/mol. The molecule has 4 heteroatoms. The standard InChI is InChI=1S/C54H37N3O/c1-54(2)46-19-11-9-17-41(46)42-28-26-40(33-47(42)54)56(39-27-30-50-45(32-39)43-18-10-12-20-49(43)57(50)37-15-7-4-8-16-37)38-25-23-34-21-22-35-24-29-48-52(51(35)44(34)31-38)58-53(55-48)36-13-5-3-6-14-36/h3-33H,1-2H3. The molecule has 2 heterocycles. The maximum Gasteiger partial charge on any atom is 0.227 e. The predicted octanol–water partition coefficient (Wildman–Crippen LogP) is 14.7. The van der Waals surface area contributed by atoms with Crippen LogP contribution in [-0.4, -0.2) is 9.55 Å². The third-order valence-corrected chi connectivity index (χ3v) is 12.4. The molecule has 1 aliphatic rings. The molecule has 1 aliphatic carbocycles. The molecule has 274 valence electrons. The highest BCUT2D eigenvalue weighted by Crippen LogP contribution is 2.51. The molecule has 0 saturated carbocycles. The van der Waals surface area contributed by atoms with Crippen LogP contribution in [0.1, 0.15) is 25.0 Å². The zero-order chi connectivity index (χ0) is 38.5. The quantitative estimate of drug-likeness (QED) is 0.165. The molecule has 0 N–H and O–H groups in total. The van der Waals surface area contributed by atoms with Crippen LogP contribution >= 0.6 is 0 Å². The van der Waals surface area contributed by atoms with E-state index in [0.717, 1.165) is 61.0 Å². The van der Waals surface area contributed by atoms with Crippen molar-refractivity contribution in [2.24, 2.45) is 0 Å². The van der Waals surface area contributed by atoms with Crippen molar-refractivity contribution >= 4 is 71.5 Å². The van der Waals surface area contributed by atoms with Gasteiger partial charge in [-0.05, 0) is 117 Å². The van der Waals surface area contributed by atoms with Gasteiger partial charge in [-0.1, -0.05) is 123 Å². The van der Waals surface area contributed by atoms with Gasteiger partial charge in [0.15, 0.2) is 5.58 Å². The van der Waals surface area contributed by atoms with Crippen molar-refractivity contribution in [3.8, 4) is 28.3 Å². The molecule has 0 saturated heterocycles. The van der Waals surface area contributed by atoms with E-state index in [1.807, 2.05) is 30.3 Å². The maximum atomic E-state index is 6.65.